The number of esters is 1. The molecule has 0 unspecified atom stereocenters. The summed E-state index contributed by atoms with van der Waals surface area (Å²) in [6, 6.07) is 20.8. The van der Waals surface area contributed by atoms with Crippen molar-refractivity contribution >= 4 is 34.7 Å². The van der Waals surface area contributed by atoms with Crippen LogP contribution in [0.2, 0.25) is 0 Å². The number of thiophene rings is 1. The second kappa shape index (κ2) is 11.1. The van der Waals surface area contributed by atoms with Gasteiger partial charge in [-0.25, -0.2) is 14.5 Å². The van der Waals surface area contributed by atoms with Crippen LogP contribution < -0.4 is 19.6 Å². The molecule has 0 N–H and O–H groups in total. The molecule has 0 aliphatic carbocycles. The molecule has 1 aliphatic rings. The van der Waals surface area contributed by atoms with E-state index in [4.69, 9.17) is 14.6 Å². The number of carbonyl (C=O) groups is 1. The van der Waals surface area contributed by atoms with E-state index < -0.39 is 12.0 Å². The lowest BCUT2D eigenvalue weighted by Crippen LogP contribution is -2.39. The number of benzene rings is 2. The number of fused-ring (bicyclic) bond motifs is 1. The van der Waals surface area contributed by atoms with Crippen molar-refractivity contribution in [1.82, 2.24) is 14.3 Å². The Bertz CT molecular complexity index is 1930. The zero-order valence-corrected chi connectivity index (χ0v) is 24.2. The summed E-state index contributed by atoms with van der Waals surface area (Å²) in [7, 11) is 1.34. The van der Waals surface area contributed by atoms with Gasteiger partial charge in [0.2, 0.25) is 0 Å². The van der Waals surface area contributed by atoms with Crippen molar-refractivity contribution in [2.75, 3.05) is 13.7 Å². The summed E-state index contributed by atoms with van der Waals surface area (Å²) in [5.74, 6) is 0.278. The number of carbonyl (C=O) groups excluding carboxylic acids is 1. The Morgan fingerprint density at radius 2 is 1.85 bits per heavy atom. The molecule has 4 heterocycles. The highest BCUT2D eigenvalue weighted by atomic mass is 32.1. The number of aromatic nitrogens is 3. The summed E-state index contributed by atoms with van der Waals surface area (Å²) in [6.45, 7) is 4.30. The van der Waals surface area contributed by atoms with Crippen molar-refractivity contribution in [3.05, 3.63) is 120 Å². The highest BCUT2D eigenvalue weighted by Crippen LogP contribution is 2.33. The minimum Gasteiger partial charge on any atom is -0.494 e. The quantitative estimate of drug-likeness (QED) is 0.259. The van der Waals surface area contributed by atoms with Crippen LogP contribution in [0.25, 0.3) is 23.0 Å². The molecule has 0 bridgehead atoms. The predicted octanol–water partition coefficient (Wildman–Crippen LogP) is 4.72. The Hall–Kier alpha value is -4.54. The van der Waals surface area contributed by atoms with Crippen molar-refractivity contribution in [1.29, 1.82) is 0 Å². The van der Waals surface area contributed by atoms with Gasteiger partial charge in [-0.15, -0.1) is 11.3 Å². The lowest BCUT2D eigenvalue weighted by molar-refractivity contribution is -0.136. The van der Waals surface area contributed by atoms with E-state index in [0.717, 1.165) is 33.1 Å². The van der Waals surface area contributed by atoms with Gasteiger partial charge in [-0.3, -0.25) is 9.36 Å². The van der Waals surface area contributed by atoms with Gasteiger partial charge >= 0.3 is 5.97 Å². The van der Waals surface area contributed by atoms with E-state index in [-0.39, 0.29) is 5.56 Å². The molecule has 0 amide bonds. The molecule has 5 aromatic rings. The van der Waals surface area contributed by atoms with Crippen molar-refractivity contribution in [3.63, 3.8) is 0 Å². The Balaban J connectivity index is 1.54. The van der Waals surface area contributed by atoms with Crippen LogP contribution in [-0.2, 0) is 9.53 Å². The average Bonchev–Trinajstić information content (AvgIpc) is 3.74. The number of allylic oxidation sites excluding steroid dienone is 1. The van der Waals surface area contributed by atoms with Crippen LogP contribution >= 0.6 is 22.7 Å². The van der Waals surface area contributed by atoms with Crippen LogP contribution in [0.4, 0.5) is 0 Å². The molecule has 0 radical (unpaired) electrons. The van der Waals surface area contributed by atoms with E-state index in [1.54, 1.807) is 11.5 Å². The summed E-state index contributed by atoms with van der Waals surface area (Å²) >= 11 is 2.77. The van der Waals surface area contributed by atoms with Gasteiger partial charge in [0.15, 0.2) is 4.80 Å². The summed E-state index contributed by atoms with van der Waals surface area (Å²) in [4.78, 5) is 32.9. The predicted molar refractivity (Wildman–Crippen MR) is 160 cm³/mol. The number of rotatable bonds is 7. The van der Waals surface area contributed by atoms with E-state index in [1.807, 2.05) is 96.0 Å². The Labute approximate surface area is 243 Å². The monoisotopic (exact) mass is 582 g/mol. The molecule has 41 heavy (non-hydrogen) atoms. The summed E-state index contributed by atoms with van der Waals surface area (Å²) in [5, 5.41) is 6.82. The normalized spacial score (nSPS) is 15.0. The molecule has 1 atom stereocenters. The SMILES string of the molecule is CCOc1ccc(-c2nn(-c3ccccc3)cc2/C=c2/sc3n(c2=O)[C@H](c2cccs2)C(C(=O)OC)=C(C)N=3)cc1. The second-order valence-corrected chi connectivity index (χ2v) is 11.2. The van der Waals surface area contributed by atoms with Gasteiger partial charge in [-0.1, -0.05) is 35.6 Å². The largest absolute Gasteiger partial charge is 0.494 e. The van der Waals surface area contributed by atoms with Crippen LogP contribution in [0.1, 0.15) is 30.3 Å². The Morgan fingerprint density at radius 3 is 2.54 bits per heavy atom. The first-order valence-electron chi connectivity index (χ1n) is 13.0. The molecule has 10 heteroatoms. The molecule has 6 rings (SSSR count). The number of para-hydroxylation sites is 1. The van der Waals surface area contributed by atoms with Crippen LogP contribution in [0, 0.1) is 0 Å². The molecule has 0 spiro atoms. The van der Waals surface area contributed by atoms with Crippen molar-refractivity contribution in [2.24, 2.45) is 4.99 Å². The topological polar surface area (TPSA) is 87.7 Å². The smallest absolute Gasteiger partial charge is 0.338 e. The average molecular weight is 583 g/mol. The third-order valence-corrected chi connectivity index (χ3v) is 8.64. The number of ether oxygens (including phenoxy) is 2. The molecule has 8 nitrogen and oxygen atoms in total. The molecule has 206 valence electrons. The molecule has 0 saturated heterocycles. The molecular formula is C31H26N4O4S2. The minimum atomic E-state index is -0.613. The second-order valence-electron chi connectivity index (χ2n) is 9.26. The summed E-state index contributed by atoms with van der Waals surface area (Å²) in [5.41, 5.74) is 3.96. The van der Waals surface area contributed by atoms with Crippen LogP contribution in [-0.4, -0.2) is 34.0 Å². The Kier molecular flexibility index (Phi) is 7.25. The van der Waals surface area contributed by atoms with E-state index >= 15 is 0 Å². The lowest BCUT2D eigenvalue weighted by Gasteiger charge is -2.22. The highest BCUT2D eigenvalue weighted by Gasteiger charge is 2.33. The molecule has 1 aliphatic heterocycles. The third kappa shape index (κ3) is 4.96. The molecule has 3 aromatic heterocycles. The number of thiazole rings is 1. The zero-order chi connectivity index (χ0) is 28.5. The highest BCUT2D eigenvalue weighted by molar-refractivity contribution is 7.10. The summed E-state index contributed by atoms with van der Waals surface area (Å²) < 4.78 is 14.6. The van der Waals surface area contributed by atoms with Gasteiger partial charge < -0.3 is 9.47 Å². The van der Waals surface area contributed by atoms with Crippen LogP contribution in [0.3, 0.4) is 0 Å². The van der Waals surface area contributed by atoms with Gasteiger partial charge in [-0.2, -0.15) is 5.10 Å². The number of hydrogen-bond donors (Lipinski definition) is 0. The number of methoxy groups -OCH3 is 1. The first kappa shape index (κ1) is 26.7. The minimum absolute atomic E-state index is 0.230. The maximum atomic E-state index is 14.0. The third-order valence-electron chi connectivity index (χ3n) is 6.73. The van der Waals surface area contributed by atoms with Gasteiger partial charge in [-0.05, 0) is 67.8 Å². The van der Waals surface area contributed by atoms with E-state index in [0.29, 0.717) is 27.2 Å². The fraction of sp³-hybridized carbons (Fsp3) is 0.161. The number of hydrogen-bond acceptors (Lipinski definition) is 8. The standard InChI is InChI=1S/C31H26N4O4S2/c1-4-39-23-14-12-20(13-15-23)27-21(18-34(33-27)22-9-6-5-7-10-22)17-25-29(36)35-28(24-11-8-16-40-24)26(30(37)38-3)19(2)32-31(35)41-25/h5-18,28H,4H2,1-3H3/b25-17+/t28-/m1/s1. The van der Waals surface area contributed by atoms with Gasteiger partial charge in [0.25, 0.3) is 5.56 Å². The molecule has 2 aromatic carbocycles. The van der Waals surface area contributed by atoms with Gasteiger partial charge in [0.1, 0.15) is 17.5 Å². The first-order chi connectivity index (χ1) is 20.0. The Morgan fingerprint density at radius 1 is 1.07 bits per heavy atom. The number of nitrogens with zero attached hydrogens (tertiary/aromatic N) is 4. The van der Waals surface area contributed by atoms with E-state index in [1.165, 1.54) is 29.8 Å². The van der Waals surface area contributed by atoms with Crippen LogP contribution in [0.15, 0.2) is 99.4 Å². The van der Waals surface area contributed by atoms with E-state index in [2.05, 4.69) is 4.99 Å². The van der Waals surface area contributed by atoms with Crippen molar-refractivity contribution in [3.8, 4) is 22.7 Å². The lowest BCUT2D eigenvalue weighted by atomic mass is 10.0. The van der Waals surface area contributed by atoms with Gasteiger partial charge in [0, 0.05) is 22.2 Å². The maximum absolute atomic E-state index is 14.0. The zero-order valence-electron chi connectivity index (χ0n) is 22.6. The fourth-order valence-corrected chi connectivity index (χ4v) is 6.72. The van der Waals surface area contributed by atoms with E-state index in [9.17, 15) is 9.59 Å². The fourth-order valence-electron chi connectivity index (χ4n) is 4.86. The molecular weight excluding hydrogens is 556 g/mol. The van der Waals surface area contributed by atoms with Gasteiger partial charge in [0.05, 0.1) is 35.2 Å². The molecule has 0 saturated carbocycles. The molecule has 0 fully saturated rings. The maximum Gasteiger partial charge on any atom is 0.338 e. The first-order valence-corrected chi connectivity index (χ1v) is 14.7. The van der Waals surface area contributed by atoms with Crippen molar-refractivity contribution < 1.29 is 14.3 Å². The summed E-state index contributed by atoms with van der Waals surface area (Å²) in [6.07, 6.45) is 3.77. The van der Waals surface area contributed by atoms with Crippen LogP contribution in [0.5, 0.6) is 5.75 Å². The van der Waals surface area contributed by atoms with Crippen molar-refractivity contribution in [2.45, 2.75) is 19.9 Å².